The minimum absolute atomic E-state index is 0.170. The number of carbonyl (C=O) groups excluding carboxylic acids is 1. The Bertz CT molecular complexity index is 866. The van der Waals surface area contributed by atoms with Crippen LogP contribution >= 0.6 is 15.9 Å². The summed E-state index contributed by atoms with van der Waals surface area (Å²) in [6.07, 6.45) is 0.759. The number of halogens is 1. The van der Waals surface area contributed by atoms with Gasteiger partial charge in [-0.3, -0.25) is 4.90 Å². The van der Waals surface area contributed by atoms with Crippen LogP contribution in [0.2, 0.25) is 0 Å². The average Bonchev–Trinajstić information content (AvgIpc) is 2.65. The number of urea groups is 1. The molecule has 0 atom stereocenters. The molecular formula is C21H20BrN3O. The molecule has 0 radical (unpaired) electrons. The monoisotopic (exact) mass is 409 g/mol. The van der Waals surface area contributed by atoms with E-state index in [-0.39, 0.29) is 6.03 Å². The topological polar surface area (TPSA) is 58.4 Å². The summed E-state index contributed by atoms with van der Waals surface area (Å²) in [5, 5.41) is 3.00. The van der Waals surface area contributed by atoms with Crippen LogP contribution in [0.25, 0.3) is 0 Å². The van der Waals surface area contributed by atoms with E-state index in [1.807, 2.05) is 60.7 Å². The second kappa shape index (κ2) is 8.54. The Morgan fingerprint density at radius 2 is 1.62 bits per heavy atom. The number of rotatable bonds is 5. The number of nitrogen functional groups attached to an aromatic ring is 1. The number of carbonyl (C=O) groups is 1. The smallest absolute Gasteiger partial charge is 0.326 e. The van der Waals surface area contributed by atoms with Gasteiger partial charge in [-0.25, -0.2) is 4.79 Å². The number of anilines is 3. The fourth-order valence-corrected chi connectivity index (χ4v) is 3.12. The second-order valence-electron chi connectivity index (χ2n) is 5.87. The first-order valence-corrected chi connectivity index (χ1v) is 9.16. The molecule has 3 aromatic rings. The predicted octanol–water partition coefficient (Wildman–Crippen LogP) is 5.12. The van der Waals surface area contributed by atoms with Crippen molar-refractivity contribution < 1.29 is 4.79 Å². The molecule has 0 aliphatic rings. The molecule has 3 rings (SSSR count). The van der Waals surface area contributed by atoms with Gasteiger partial charge in [0.25, 0.3) is 0 Å². The number of benzene rings is 3. The first kappa shape index (κ1) is 18.0. The highest BCUT2D eigenvalue weighted by atomic mass is 79.9. The molecule has 0 unspecified atom stereocenters. The summed E-state index contributed by atoms with van der Waals surface area (Å²) in [5.41, 5.74) is 9.18. The van der Waals surface area contributed by atoms with Crippen LogP contribution in [0.15, 0.2) is 83.3 Å². The SMILES string of the molecule is Nc1ccc(N(C(=O)NCCc2cccc(Br)c2)c2ccccc2)cc1. The maximum absolute atomic E-state index is 12.9. The maximum atomic E-state index is 12.9. The Labute approximate surface area is 161 Å². The van der Waals surface area contributed by atoms with E-state index in [1.54, 1.807) is 17.0 Å². The zero-order valence-corrected chi connectivity index (χ0v) is 15.8. The number of para-hydroxylation sites is 1. The third-order valence-electron chi connectivity index (χ3n) is 3.95. The molecule has 0 saturated carbocycles. The lowest BCUT2D eigenvalue weighted by atomic mass is 10.1. The van der Waals surface area contributed by atoms with Crippen molar-refractivity contribution in [3.05, 3.63) is 88.9 Å². The highest BCUT2D eigenvalue weighted by molar-refractivity contribution is 9.10. The van der Waals surface area contributed by atoms with Gasteiger partial charge in [0.1, 0.15) is 0 Å². The van der Waals surface area contributed by atoms with Crippen molar-refractivity contribution in [1.29, 1.82) is 0 Å². The normalized spacial score (nSPS) is 10.3. The van der Waals surface area contributed by atoms with Crippen LogP contribution in [-0.2, 0) is 6.42 Å². The van der Waals surface area contributed by atoms with Gasteiger partial charge in [-0.05, 0) is 60.5 Å². The number of nitrogens with two attached hydrogens (primary N) is 1. The van der Waals surface area contributed by atoms with Gasteiger partial charge < -0.3 is 11.1 Å². The Morgan fingerprint density at radius 3 is 2.31 bits per heavy atom. The number of hydrogen-bond donors (Lipinski definition) is 2. The Balaban J connectivity index is 1.74. The average molecular weight is 410 g/mol. The number of hydrogen-bond acceptors (Lipinski definition) is 2. The highest BCUT2D eigenvalue weighted by Crippen LogP contribution is 2.26. The van der Waals surface area contributed by atoms with Crippen LogP contribution in [0.4, 0.5) is 21.9 Å². The molecule has 3 aromatic carbocycles. The van der Waals surface area contributed by atoms with Gasteiger partial charge in [-0.15, -0.1) is 0 Å². The van der Waals surface area contributed by atoms with Crippen molar-refractivity contribution in [2.45, 2.75) is 6.42 Å². The van der Waals surface area contributed by atoms with E-state index in [0.29, 0.717) is 12.2 Å². The standard InChI is InChI=1S/C21H20BrN3O/c22-17-6-4-5-16(15-17)13-14-24-21(26)25(19-7-2-1-3-8-19)20-11-9-18(23)10-12-20/h1-12,15H,13-14,23H2,(H,24,26). The van der Waals surface area contributed by atoms with E-state index >= 15 is 0 Å². The maximum Gasteiger partial charge on any atom is 0.326 e. The second-order valence-corrected chi connectivity index (χ2v) is 6.79. The van der Waals surface area contributed by atoms with Gasteiger partial charge in [0.15, 0.2) is 0 Å². The lowest BCUT2D eigenvalue weighted by Gasteiger charge is -2.23. The van der Waals surface area contributed by atoms with Crippen molar-refractivity contribution >= 4 is 39.0 Å². The fraction of sp³-hybridized carbons (Fsp3) is 0.0952. The van der Waals surface area contributed by atoms with Crippen LogP contribution in [0.3, 0.4) is 0 Å². The van der Waals surface area contributed by atoms with E-state index in [1.165, 1.54) is 5.56 Å². The number of nitrogens with zero attached hydrogens (tertiary/aromatic N) is 1. The van der Waals surface area contributed by atoms with Crippen LogP contribution in [0.5, 0.6) is 0 Å². The molecule has 5 heteroatoms. The Hall–Kier alpha value is -2.79. The first-order chi connectivity index (χ1) is 12.6. The van der Waals surface area contributed by atoms with Crippen molar-refractivity contribution in [1.82, 2.24) is 5.32 Å². The summed E-state index contributed by atoms with van der Waals surface area (Å²) >= 11 is 3.47. The summed E-state index contributed by atoms with van der Waals surface area (Å²) in [4.78, 5) is 14.5. The zero-order valence-electron chi connectivity index (χ0n) is 14.2. The molecule has 4 nitrogen and oxygen atoms in total. The summed E-state index contributed by atoms with van der Waals surface area (Å²) in [6.45, 7) is 0.549. The van der Waals surface area contributed by atoms with Gasteiger partial charge >= 0.3 is 6.03 Å². The molecule has 0 spiro atoms. The third kappa shape index (κ3) is 4.64. The molecule has 0 aromatic heterocycles. The molecule has 0 heterocycles. The fourth-order valence-electron chi connectivity index (χ4n) is 2.67. The molecule has 3 N–H and O–H groups in total. The summed E-state index contributed by atoms with van der Waals surface area (Å²) in [7, 11) is 0. The van der Waals surface area contributed by atoms with Gasteiger partial charge in [0, 0.05) is 16.7 Å². The third-order valence-corrected chi connectivity index (χ3v) is 4.44. The molecule has 0 aliphatic heterocycles. The van der Waals surface area contributed by atoms with E-state index in [2.05, 4.69) is 27.3 Å². The molecule has 0 aliphatic carbocycles. The molecule has 0 saturated heterocycles. The summed E-state index contributed by atoms with van der Waals surface area (Å²) in [5.74, 6) is 0. The number of amides is 2. The quantitative estimate of drug-likeness (QED) is 0.574. The minimum atomic E-state index is -0.170. The van der Waals surface area contributed by atoms with Crippen LogP contribution in [0, 0.1) is 0 Å². The molecule has 0 fully saturated rings. The van der Waals surface area contributed by atoms with Gasteiger partial charge in [-0.2, -0.15) is 0 Å². The Kier molecular flexibility index (Phi) is 5.92. The molecule has 0 bridgehead atoms. The van der Waals surface area contributed by atoms with E-state index < -0.39 is 0 Å². The summed E-state index contributed by atoms with van der Waals surface area (Å²) < 4.78 is 1.04. The lowest BCUT2D eigenvalue weighted by Crippen LogP contribution is -2.37. The highest BCUT2D eigenvalue weighted by Gasteiger charge is 2.17. The summed E-state index contributed by atoms with van der Waals surface area (Å²) in [6, 6.07) is 24.7. The molecule has 132 valence electrons. The van der Waals surface area contributed by atoms with Gasteiger partial charge in [0.2, 0.25) is 0 Å². The van der Waals surface area contributed by atoms with Crippen LogP contribution in [0.1, 0.15) is 5.56 Å². The van der Waals surface area contributed by atoms with Gasteiger partial charge in [0.05, 0.1) is 11.4 Å². The molecular weight excluding hydrogens is 390 g/mol. The van der Waals surface area contributed by atoms with Crippen LogP contribution in [-0.4, -0.2) is 12.6 Å². The van der Waals surface area contributed by atoms with Crippen molar-refractivity contribution in [2.75, 3.05) is 17.2 Å². The van der Waals surface area contributed by atoms with E-state index in [9.17, 15) is 4.79 Å². The van der Waals surface area contributed by atoms with Crippen molar-refractivity contribution in [3.63, 3.8) is 0 Å². The minimum Gasteiger partial charge on any atom is -0.399 e. The molecule has 2 amide bonds. The predicted molar refractivity (Wildman–Crippen MR) is 111 cm³/mol. The largest absolute Gasteiger partial charge is 0.399 e. The van der Waals surface area contributed by atoms with Crippen LogP contribution < -0.4 is 16.0 Å². The van der Waals surface area contributed by atoms with Crippen molar-refractivity contribution in [3.8, 4) is 0 Å². The van der Waals surface area contributed by atoms with E-state index in [4.69, 9.17) is 5.73 Å². The molecule has 26 heavy (non-hydrogen) atoms. The lowest BCUT2D eigenvalue weighted by molar-refractivity contribution is 0.248. The zero-order chi connectivity index (χ0) is 18.4. The van der Waals surface area contributed by atoms with E-state index in [0.717, 1.165) is 22.3 Å². The van der Waals surface area contributed by atoms with Gasteiger partial charge in [-0.1, -0.05) is 46.3 Å². The Morgan fingerprint density at radius 1 is 0.923 bits per heavy atom. The number of nitrogens with one attached hydrogen (secondary N) is 1. The van der Waals surface area contributed by atoms with Crippen molar-refractivity contribution in [2.24, 2.45) is 0 Å². The first-order valence-electron chi connectivity index (χ1n) is 8.36.